The standard InChI is InChI=1S/C20H21F3N4O3/c1-26-9-8-18(28)17(11-26)27(25)19(29)15-10-13(4-7-16(15)24)12-2-5-14(6-3-12)30-20(21,22)23/h2-7,10,17H,8-9,11,24-25H2,1H3. The summed E-state index contributed by atoms with van der Waals surface area (Å²) in [5.74, 6) is 4.88. The Bertz CT molecular complexity index is 947. The van der Waals surface area contributed by atoms with Crippen LogP contribution in [0.3, 0.4) is 0 Å². The number of hydrazine groups is 1. The molecule has 30 heavy (non-hydrogen) atoms. The molecule has 0 bridgehead atoms. The maximum atomic E-state index is 12.9. The molecule has 1 unspecified atom stereocenters. The molecule has 0 aliphatic carbocycles. The average molecular weight is 422 g/mol. The number of hydrogen-bond donors (Lipinski definition) is 2. The van der Waals surface area contributed by atoms with Gasteiger partial charge in [-0.15, -0.1) is 13.2 Å². The Hall–Kier alpha value is -3.11. The van der Waals surface area contributed by atoms with E-state index in [1.54, 1.807) is 6.07 Å². The number of amides is 1. The SMILES string of the molecule is CN1CCC(=O)C(N(N)C(=O)c2cc(-c3ccc(OC(F)(F)F)cc3)ccc2N)C1. The predicted octanol–water partition coefficient (Wildman–Crippen LogP) is 2.42. The van der Waals surface area contributed by atoms with Crippen LogP contribution in [-0.2, 0) is 4.79 Å². The fourth-order valence-electron chi connectivity index (χ4n) is 3.25. The first-order valence-corrected chi connectivity index (χ1v) is 9.10. The molecule has 0 spiro atoms. The number of rotatable bonds is 4. The van der Waals surface area contributed by atoms with Gasteiger partial charge in [-0.1, -0.05) is 18.2 Å². The number of halogens is 3. The van der Waals surface area contributed by atoms with Crippen molar-refractivity contribution in [2.24, 2.45) is 5.84 Å². The monoisotopic (exact) mass is 422 g/mol. The number of piperidine rings is 1. The van der Waals surface area contributed by atoms with Crippen molar-refractivity contribution in [3.05, 3.63) is 48.0 Å². The van der Waals surface area contributed by atoms with E-state index in [2.05, 4.69) is 4.74 Å². The molecule has 10 heteroatoms. The maximum absolute atomic E-state index is 12.9. The lowest BCUT2D eigenvalue weighted by Crippen LogP contribution is -2.57. The molecule has 3 rings (SSSR count). The second-order valence-corrected chi connectivity index (χ2v) is 7.08. The van der Waals surface area contributed by atoms with E-state index in [1.165, 1.54) is 36.4 Å². The highest BCUT2D eigenvalue weighted by Crippen LogP contribution is 2.29. The van der Waals surface area contributed by atoms with Gasteiger partial charge in [-0.2, -0.15) is 0 Å². The molecule has 1 fully saturated rings. The first-order chi connectivity index (χ1) is 14.0. The predicted molar refractivity (Wildman–Crippen MR) is 104 cm³/mol. The fraction of sp³-hybridized carbons (Fsp3) is 0.300. The summed E-state index contributed by atoms with van der Waals surface area (Å²) < 4.78 is 40.8. The van der Waals surface area contributed by atoms with E-state index in [9.17, 15) is 22.8 Å². The van der Waals surface area contributed by atoms with Crippen molar-refractivity contribution in [3.63, 3.8) is 0 Å². The molecule has 160 valence electrons. The lowest BCUT2D eigenvalue weighted by Gasteiger charge is -2.34. The number of likely N-dealkylation sites (N-methyl/N-ethyl adjacent to an activating group) is 1. The van der Waals surface area contributed by atoms with Crippen molar-refractivity contribution >= 4 is 17.4 Å². The molecule has 0 radical (unpaired) electrons. The molecule has 1 atom stereocenters. The third-order valence-electron chi connectivity index (χ3n) is 4.87. The van der Waals surface area contributed by atoms with Crippen molar-refractivity contribution in [1.82, 2.24) is 9.91 Å². The van der Waals surface area contributed by atoms with Crippen molar-refractivity contribution in [2.45, 2.75) is 18.8 Å². The Morgan fingerprint density at radius 1 is 1.17 bits per heavy atom. The van der Waals surface area contributed by atoms with Crippen LogP contribution in [0, 0.1) is 0 Å². The number of nitrogen functional groups attached to an aromatic ring is 1. The number of hydrogen-bond acceptors (Lipinski definition) is 6. The van der Waals surface area contributed by atoms with E-state index in [4.69, 9.17) is 11.6 Å². The first-order valence-electron chi connectivity index (χ1n) is 9.10. The van der Waals surface area contributed by atoms with E-state index in [0.29, 0.717) is 30.6 Å². The number of ketones is 1. The number of likely N-dealkylation sites (tertiary alicyclic amines) is 1. The van der Waals surface area contributed by atoms with E-state index in [1.807, 2.05) is 11.9 Å². The molecule has 1 heterocycles. The highest BCUT2D eigenvalue weighted by Gasteiger charge is 2.33. The van der Waals surface area contributed by atoms with Crippen LogP contribution in [0.4, 0.5) is 18.9 Å². The van der Waals surface area contributed by atoms with Gasteiger partial charge < -0.3 is 15.4 Å². The number of nitrogens with zero attached hydrogens (tertiary/aromatic N) is 2. The molecule has 4 N–H and O–H groups in total. The minimum atomic E-state index is -4.78. The first kappa shape index (κ1) is 21.6. The summed E-state index contributed by atoms with van der Waals surface area (Å²) in [6.45, 7) is 0.921. The molecule has 0 saturated carbocycles. The van der Waals surface area contributed by atoms with Crippen LogP contribution in [0.1, 0.15) is 16.8 Å². The second-order valence-electron chi connectivity index (χ2n) is 7.08. The van der Waals surface area contributed by atoms with Gasteiger partial charge in [-0.05, 0) is 42.4 Å². The van der Waals surface area contributed by atoms with Crippen LogP contribution in [0.2, 0.25) is 0 Å². The van der Waals surface area contributed by atoms with Crippen molar-refractivity contribution in [3.8, 4) is 16.9 Å². The molecule has 1 amide bonds. The minimum Gasteiger partial charge on any atom is -0.406 e. The van der Waals surface area contributed by atoms with Crippen molar-refractivity contribution < 1.29 is 27.5 Å². The quantitative estimate of drug-likeness (QED) is 0.340. The highest BCUT2D eigenvalue weighted by atomic mass is 19.4. The molecule has 7 nitrogen and oxygen atoms in total. The van der Waals surface area contributed by atoms with E-state index >= 15 is 0 Å². The minimum absolute atomic E-state index is 0.103. The summed E-state index contributed by atoms with van der Waals surface area (Å²) in [7, 11) is 1.83. The van der Waals surface area contributed by atoms with Gasteiger partial charge in [-0.25, -0.2) is 5.84 Å². The summed E-state index contributed by atoms with van der Waals surface area (Å²) >= 11 is 0. The number of benzene rings is 2. The van der Waals surface area contributed by atoms with E-state index < -0.39 is 18.3 Å². The smallest absolute Gasteiger partial charge is 0.406 e. The molecule has 2 aromatic carbocycles. The molecule has 1 aliphatic rings. The number of anilines is 1. The number of Topliss-reactive ketones (excluding diaryl/α,β-unsaturated/α-hetero) is 1. The number of carbonyl (C=O) groups excluding carboxylic acids is 2. The molecule has 2 aromatic rings. The van der Waals surface area contributed by atoms with Gasteiger partial charge in [0, 0.05) is 25.2 Å². The van der Waals surface area contributed by atoms with Gasteiger partial charge in [0.15, 0.2) is 5.78 Å². The topological polar surface area (TPSA) is 102 Å². The van der Waals surface area contributed by atoms with Gasteiger partial charge in [0.05, 0.1) is 5.56 Å². The number of carbonyl (C=O) groups is 2. The molecular formula is C20H21F3N4O3. The van der Waals surface area contributed by atoms with Gasteiger partial charge >= 0.3 is 6.36 Å². The van der Waals surface area contributed by atoms with E-state index in [0.717, 1.165) is 5.01 Å². The van der Waals surface area contributed by atoms with Gasteiger partial charge in [0.2, 0.25) is 0 Å². The Balaban J connectivity index is 1.84. The summed E-state index contributed by atoms with van der Waals surface area (Å²) in [6.07, 6.45) is -4.48. The summed E-state index contributed by atoms with van der Waals surface area (Å²) in [6, 6.07) is 9.06. The maximum Gasteiger partial charge on any atom is 0.573 e. The van der Waals surface area contributed by atoms with Crippen LogP contribution >= 0.6 is 0 Å². The normalized spacial score (nSPS) is 17.6. The highest BCUT2D eigenvalue weighted by molar-refractivity contribution is 6.02. The fourth-order valence-corrected chi connectivity index (χ4v) is 3.25. The molecule has 1 aliphatic heterocycles. The third-order valence-corrected chi connectivity index (χ3v) is 4.87. The average Bonchev–Trinajstić information content (AvgIpc) is 2.68. The summed E-state index contributed by atoms with van der Waals surface area (Å²) in [4.78, 5) is 27.0. The zero-order chi connectivity index (χ0) is 22.1. The lowest BCUT2D eigenvalue weighted by molar-refractivity contribution is -0.274. The summed E-state index contributed by atoms with van der Waals surface area (Å²) in [5, 5.41) is 0.897. The van der Waals surface area contributed by atoms with Crippen LogP contribution in [-0.4, -0.2) is 54.1 Å². The molecule has 0 aromatic heterocycles. The van der Waals surface area contributed by atoms with Crippen LogP contribution in [0.5, 0.6) is 5.75 Å². The van der Waals surface area contributed by atoms with Crippen LogP contribution in [0.25, 0.3) is 11.1 Å². The van der Waals surface area contributed by atoms with Crippen LogP contribution < -0.4 is 16.3 Å². The molecule has 1 saturated heterocycles. The number of nitrogens with two attached hydrogens (primary N) is 2. The summed E-state index contributed by atoms with van der Waals surface area (Å²) in [5.41, 5.74) is 7.32. The molecular weight excluding hydrogens is 401 g/mol. The van der Waals surface area contributed by atoms with Crippen LogP contribution in [0.15, 0.2) is 42.5 Å². The Morgan fingerprint density at radius 3 is 2.43 bits per heavy atom. The van der Waals surface area contributed by atoms with Gasteiger partial charge in [0.1, 0.15) is 11.8 Å². The van der Waals surface area contributed by atoms with Gasteiger partial charge in [-0.3, -0.25) is 14.6 Å². The Morgan fingerprint density at radius 2 is 1.80 bits per heavy atom. The van der Waals surface area contributed by atoms with Crippen molar-refractivity contribution in [1.29, 1.82) is 0 Å². The van der Waals surface area contributed by atoms with E-state index in [-0.39, 0.29) is 22.8 Å². The number of alkyl halides is 3. The Labute approximate surface area is 171 Å². The zero-order valence-corrected chi connectivity index (χ0v) is 16.1. The zero-order valence-electron chi connectivity index (χ0n) is 16.1. The third kappa shape index (κ3) is 4.89. The van der Waals surface area contributed by atoms with Gasteiger partial charge in [0.25, 0.3) is 5.91 Å². The largest absolute Gasteiger partial charge is 0.573 e. The second kappa shape index (κ2) is 8.33. The number of ether oxygens (including phenoxy) is 1. The van der Waals surface area contributed by atoms with Crippen molar-refractivity contribution in [2.75, 3.05) is 25.9 Å². The lowest BCUT2D eigenvalue weighted by atomic mass is 9.99. The Kier molecular flexibility index (Phi) is 5.99.